The van der Waals surface area contributed by atoms with Crippen molar-refractivity contribution in [1.29, 1.82) is 0 Å². The van der Waals surface area contributed by atoms with Crippen molar-refractivity contribution in [3.8, 4) is 17.2 Å². The number of carbonyl (C=O) groups excluding carboxylic acids is 1. The number of nitrogens with zero attached hydrogens (tertiary/aromatic N) is 1. The molecule has 0 unspecified atom stereocenters. The molecule has 1 N–H and O–H groups in total. The zero-order chi connectivity index (χ0) is 21.2. The minimum atomic E-state index is -0.393. The average Bonchev–Trinajstić information content (AvgIpc) is 2.78. The summed E-state index contributed by atoms with van der Waals surface area (Å²) in [6, 6.07) is 22.0. The molecule has 0 saturated heterocycles. The number of hydrazone groups is 1. The molecule has 0 atom stereocenters. The SMILES string of the molecule is COc1cccc(/C=N/NC(=O)COc2ccc(Cl)cc2)c1OCc1ccccc1. The van der Waals surface area contributed by atoms with Crippen molar-refractivity contribution in [2.24, 2.45) is 5.10 Å². The van der Waals surface area contributed by atoms with Crippen molar-refractivity contribution in [3.63, 3.8) is 0 Å². The fourth-order valence-electron chi connectivity index (χ4n) is 2.57. The van der Waals surface area contributed by atoms with E-state index in [1.165, 1.54) is 6.21 Å². The van der Waals surface area contributed by atoms with E-state index in [1.807, 2.05) is 42.5 Å². The molecule has 0 aliphatic rings. The smallest absolute Gasteiger partial charge is 0.277 e. The number of nitrogens with one attached hydrogen (secondary N) is 1. The van der Waals surface area contributed by atoms with Crippen LogP contribution in [0.2, 0.25) is 5.02 Å². The van der Waals surface area contributed by atoms with Crippen LogP contribution in [-0.2, 0) is 11.4 Å². The molecule has 0 heterocycles. The van der Waals surface area contributed by atoms with E-state index in [1.54, 1.807) is 37.4 Å². The van der Waals surface area contributed by atoms with Gasteiger partial charge in [-0.1, -0.05) is 48.0 Å². The van der Waals surface area contributed by atoms with Crippen molar-refractivity contribution in [2.45, 2.75) is 6.61 Å². The van der Waals surface area contributed by atoms with Gasteiger partial charge >= 0.3 is 0 Å². The lowest BCUT2D eigenvalue weighted by Gasteiger charge is -2.13. The molecule has 30 heavy (non-hydrogen) atoms. The monoisotopic (exact) mass is 424 g/mol. The van der Waals surface area contributed by atoms with Gasteiger partial charge in [-0.15, -0.1) is 0 Å². The van der Waals surface area contributed by atoms with Gasteiger partial charge in [0.1, 0.15) is 12.4 Å². The van der Waals surface area contributed by atoms with Gasteiger partial charge in [0, 0.05) is 10.6 Å². The fourth-order valence-corrected chi connectivity index (χ4v) is 2.69. The standard InChI is InChI=1S/C23H21ClN2O4/c1-28-21-9-5-8-18(23(21)30-15-17-6-3-2-4-7-17)14-25-26-22(27)16-29-20-12-10-19(24)11-13-20/h2-14H,15-16H2,1H3,(H,26,27)/b25-14+. The van der Waals surface area contributed by atoms with Crippen LogP contribution in [0.3, 0.4) is 0 Å². The number of para-hydroxylation sites is 1. The molecular weight excluding hydrogens is 404 g/mol. The molecule has 154 valence electrons. The maximum Gasteiger partial charge on any atom is 0.277 e. The first-order valence-electron chi connectivity index (χ1n) is 9.19. The summed E-state index contributed by atoms with van der Waals surface area (Å²) in [5.74, 6) is 1.27. The van der Waals surface area contributed by atoms with E-state index in [2.05, 4.69) is 10.5 Å². The summed E-state index contributed by atoms with van der Waals surface area (Å²) in [7, 11) is 1.57. The summed E-state index contributed by atoms with van der Waals surface area (Å²) in [6.07, 6.45) is 1.50. The number of carbonyl (C=O) groups is 1. The second-order valence-electron chi connectivity index (χ2n) is 6.19. The third-order valence-corrected chi connectivity index (χ3v) is 4.28. The molecule has 0 aromatic heterocycles. The Labute approximate surface area is 180 Å². The zero-order valence-corrected chi connectivity index (χ0v) is 17.1. The summed E-state index contributed by atoms with van der Waals surface area (Å²) in [5, 5.41) is 4.59. The Hall–Kier alpha value is -3.51. The van der Waals surface area contributed by atoms with Crippen LogP contribution in [0.4, 0.5) is 0 Å². The molecule has 0 fully saturated rings. The second-order valence-corrected chi connectivity index (χ2v) is 6.63. The minimum Gasteiger partial charge on any atom is -0.493 e. The molecule has 6 nitrogen and oxygen atoms in total. The Kier molecular flexibility index (Phi) is 7.69. The summed E-state index contributed by atoms with van der Waals surface area (Å²) >= 11 is 5.82. The third-order valence-electron chi connectivity index (χ3n) is 4.03. The van der Waals surface area contributed by atoms with Crippen molar-refractivity contribution in [3.05, 3.63) is 88.9 Å². The molecule has 7 heteroatoms. The van der Waals surface area contributed by atoms with Crippen LogP contribution < -0.4 is 19.6 Å². The Bertz CT molecular complexity index is 992. The molecular formula is C23H21ClN2O4. The van der Waals surface area contributed by atoms with Gasteiger partial charge in [-0.3, -0.25) is 4.79 Å². The molecule has 3 aromatic carbocycles. The van der Waals surface area contributed by atoms with E-state index in [-0.39, 0.29) is 6.61 Å². The van der Waals surface area contributed by atoms with Crippen molar-refractivity contribution < 1.29 is 19.0 Å². The summed E-state index contributed by atoms with van der Waals surface area (Å²) in [5.41, 5.74) is 4.13. The van der Waals surface area contributed by atoms with E-state index in [0.29, 0.717) is 34.4 Å². The fraction of sp³-hybridized carbons (Fsp3) is 0.130. The molecule has 0 saturated carbocycles. The Morgan fingerprint density at radius 1 is 1.00 bits per heavy atom. The van der Waals surface area contributed by atoms with Gasteiger partial charge in [0.25, 0.3) is 5.91 Å². The maximum atomic E-state index is 12.0. The molecule has 1 amide bonds. The lowest BCUT2D eigenvalue weighted by atomic mass is 10.2. The van der Waals surface area contributed by atoms with E-state index in [0.717, 1.165) is 5.56 Å². The highest BCUT2D eigenvalue weighted by molar-refractivity contribution is 6.30. The van der Waals surface area contributed by atoms with Gasteiger partial charge in [-0.2, -0.15) is 5.10 Å². The summed E-state index contributed by atoms with van der Waals surface area (Å²) in [4.78, 5) is 12.0. The highest BCUT2D eigenvalue weighted by atomic mass is 35.5. The van der Waals surface area contributed by atoms with Gasteiger partial charge < -0.3 is 14.2 Å². The van der Waals surface area contributed by atoms with Crippen molar-refractivity contribution >= 4 is 23.7 Å². The second kappa shape index (κ2) is 10.9. The molecule has 0 aliphatic heterocycles. The van der Waals surface area contributed by atoms with Crippen LogP contribution in [0.5, 0.6) is 17.2 Å². The summed E-state index contributed by atoms with van der Waals surface area (Å²) < 4.78 is 16.7. The number of hydrogen-bond acceptors (Lipinski definition) is 5. The number of methoxy groups -OCH3 is 1. The minimum absolute atomic E-state index is 0.172. The normalized spacial score (nSPS) is 10.6. The highest BCUT2D eigenvalue weighted by Crippen LogP contribution is 2.30. The number of ether oxygens (including phenoxy) is 3. The predicted molar refractivity (Wildman–Crippen MR) is 116 cm³/mol. The van der Waals surface area contributed by atoms with Crippen LogP contribution in [-0.4, -0.2) is 25.8 Å². The van der Waals surface area contributed by atoms with Crippen LogP contribution in [0, 0.1) is 0 Å². The van der Waals surface area contributed by atoms with E-state index < -0.39 is 5.91 Å². The lowest BCUT2D eigenvalue weighted by molar-refractivity contribution is -0.123. The van der Waals surface area contributed by atoms with Gasteiger partial charge in [0.05, 0.1) is 13.3 Å². The van der Waals surface area contributed by atoms with Gasteiger partial charge in [-0.25, -0.2) is 5.43 Å². The number of hydrogen-bond donors (Lipinski definition) is 1. The van der Waals surface area contributed by atoms with Crippen LogP contribution in [0.15, 0.2) is 77.9 Å². The molecule has 0 radical (unpaired) electrons. The summed E-state index contributed by atoms with van der Waals surface area (Å²) in [6.45, 7) is 0.206. The Balaban J connectivity index is 1.59. The first-order chi connectivity index (χ1) is 14.7. The first-order valence-corrected chi connectivity index (χ1v) is 9.57. The van der Waals surface area contributed by atoms with E-state index >= 15 is 0 Å². The molecule has 0 spiro atoms. The van der Waals surface area contributed by atoms with Crippen LogP contribution in [0.25, 0.3) is 0 Å². The van der Waals surface area contributed by atoms with Crippen LogP contribution in [0.1, 0.15) is 11.1 Å². The quantitative estimate of drug-likeness (QED) is 0.407. The number of halogens is 1. The zero-order valence-electron chi connectivity index (χ0n) is 16.4. The molecule has 3 aromatic rings. The molecule has 0 aliphatic carbocycles. The Morgan fingerprint density at radius 3 is 2.50 bits per heavy atom. The average molecular weight is 425 g/mol. The molecule has 0 bridgehead atoms. The first kappa shape index (κ1) is 21.2. The highest BCUT2D eigenvalue weighted by Gasteiger charge is 2.10. The number of rotatable bonds is 9. The van der Waals surface area contributed by atoms with E-state index in [4.69, 9.17) is 25.8 Å². The van der Waals surface area contributed by atoms with Gasteiger partial charge in [0.15, 0.2) is 18.1 Å². The third kappa shape index (κ3) is 6.25. The molecule has 3 rings (SSSR count). The van der Waals surface area contributed by atoms with Gasteiger partial charge in [0.2, 0.25) is 0 Å². The van der Waals surface area contributed by atoms with Crippen LogP contribution >= 0.6 is 11.6 Å². The number of benzene rings is 3. The topological polar surface area (TPSA) is 69.2 Å². The van der Waals surface area contributed by atoms with Crippen molar-refractivity contribution in [1.82, 2.24) is 5.43 Å². The maximum absolute atomic E-state index is 12.0. The van der Waals surface area contributed by atoms with E-state index in [9.17, 15) is 4.79 Å². The largest absolute Gasteiger partial charge is 0.493 e. The Morgan fingerprint density at radius 2 is 1.77 bits per heavy atom. The van der Waals surface area contributed by atoms with Crippen molar-refractivity contribution in [2.75, 3.05) is 13.7 Å². The van der Waals surface area contributed by atoms with Gasteiger partial charge in [-0.05, 0) is 42.0 Å². The predicted octanol–water partition coefficient (Wildman–Crippen LogP) is 4.46. The number of amides is 1. The lowest BCUT2D eigenvalue weighted by Crippen LogP contribution is -2.24.